The third kappa shape index (κ3) is 3.83. The smallest absolute Gasteiger partial charge is 0.184 e. The van der Waals surface area contributed by atoms with E-state index >= 15 is 4.39 Å². The fourth-order valence-corrected chi connectivity index (χ4v) is 6.95. The second kappa shape index (κ2) is 7.92. The van der Waals surface area contributed by atoms with Gasteiger partial charge in [-0.25, -0.2) is 4.39 Å². The van der Waals surface area contributed by atoms with Crippen LogP contribution in [0, 0.1) is 23.7 Å². The molecule has 0 aromatic heterocycles. The van der Waals surface area contributed by atoms with Crippen LogP contribution in [0.5, 0.6) is 0 Å². The van der Waals surface area contributed by atoms with E-state index in [1.165, 1.54) is 31.2 Å². The molecule has 7 nitrogen and oxygen atoms in total. The number of epoxide rings is 2. The number of likely N-dealkylation sites (tertiary alicyclic amines) is 1. The molecular formula is C21H33FN4O3S. The van der Waals surface area contributed by atoms with Gasteiger partial charge in [-0.15, -0.1) is 4.52 Å². The molecule has 9 heteroatoms. The summed E-state index contributed by atoms with van der Waals surface area (Å²) in [5.41, 5.74) is -1.20. The molecule has 1 aliphatic carbocycles. The van der Waals surface area contributed by atoms with E-state index in [4.69, 9.17) is 14.2 Å². The molecule has 6 aliphatic rings. The van der Waals surface area contributed by atoms with Crippen molar-refractivity contribution in [3.05, 3.63) is 0 Å². The number of alkyl halides is 1. The van der Waals surface area contributed by atoms with Gasteiger partial charge in [-0.2, -0.15) is 5.11 Å². The number of rotatable bonds is 6. The van der Waals surface area contributed by atoms with Crippen LogP contribution in [0.25, 0.3) is 0 Å². The molecule has 9 unspecified atom stereocenters. The Hall–Kier alpha value is -0.320. The molecule has 0 radical (unpaired) electrons. The second-order valence-corrected chi connectivity index (χ2v) is 11.1. The van der Waals surface area contributed by atoms with Crippen LogP contribution < -0.4 is 5.32 Å². The summed E-state index contributed by atoms with van der Waals surface area (Å²) >= 11 is 1.41. The monoisotopic (exact) mass is 440 g/mol. The van der Waals surface area contributed by atoms with Crippen molar-refractivity contribution in [1.29, 1.82) is 0 Å². The van der Waals surface area contributed by atoms with E-state index in [0.29, 0.717) is 43.2 Å². The van der Waals surface area contributed by atoms with Gasteiger partial charge in [-0.1, -0.05) is 6.92 Å². The third-order valence-electron chi connectivity index (χ3n) is 8.53. The SMILES string of the molecule is CC1C(CCN2CCC(F)(C3OC3NC3CN=NS3)CC2)CCC2C1COC1OC12. The molecule has 0 bridgehead atoms. The minimum absolute atomic E-state index is 0.108. The quantitative estimate of drug-likeness (QED) is 0.506. The maximum Gasteiger partial charge on any atom is 0.184 e. The molecule has 0 amide bonds. The van der Waals surface area contributed by atoms with E-state index in [9.17, 15) is 0 Å². The Labute approximate surface area is 182 Å². The zero-order valence-electron chi connectivity index (χ0n) is 17.6. The fourth-order valence-electron chi connectivity index (χ4n) is 6.38. The predicted octanol–water partition coefficient (Wildman–Crippen LogP) is 2.97. The second-order valence-electron chi connectivity index (χ2n) is 10.1. The van der Waals surface area contributed by atoms with E-state index in [-0.39, 0.29) is 24.0 Å². The summed E-state index contributed by atoms with van der Waals surface area (Å²) in [7, 11) is 0. The van der Waals surface area contributed by atoms with E-state index in [2.05, 4.69) is 26.8 Å². The summed E-state index contributed by atoms with van der Waals surface area (Å²) in [5.74, 6) is 2.81. The lowest BCUT2D eigenvalue weighted by Crippen LogP contribution is -2.48. The molecule has 168 valence electrons. The van der Waals surface area contributed by atoms with E-state index in [0.717, 1.165) is 32.2 Å². The fraction of sp³-hybridized carbons (Fsp3) is 1.00. The first-order valence-electron chi connectivity index (χ1n) is 11.7. The first-order valence-corrected chi connectivity index (χ1v) is 12.6. The zero-order valence-corrected chi connectivity index (χ0v) is 18.4. The maximum absolute atomic E-state index is 15.5. The highest BCUT2D eigenvalue weighted by atomic mass is 32.2. The summed E-state index contributed by atoms with van der Waals surface area (Å²) in [4.78, 5) is 2.46. The lowest BCUT2D eigenvalue weighted by molar-refractivity contribution is -0.0442. The van der Waals surface area contributed by atoms with Gasteiger partial charge in [0.1, 0.15) is 29.5 Å². The molecule has 9 atom stereocenters. The molecule has 1 saturated carbocycles. The van der Waals surface area contributed by atoms with Gasteiger partial charge in [0.05, 0.1) is 13.2 Å². The average Bonchev–Trinajstić information content (AvgIpc) is 3.65. The topological polar surface area (TPSA) is 74.3 Å². The van der Waals surface area contributed by atoms with Gasteiger partial charge >= 0.3 is 0 Å². The van der Waals surface area contributed by atoms with Crippen LogP contribution in [0.3, 0.4) is 0 Å². The molecule has 0 aromatic rings. The summed E-state index contributed by atoms with van der Waals surface area (Å²) in [6.07, 6.45) is 4.95. The van der Waals surface area contributed by atoms with Crippen molar-refractivity contribution in [2.24, 2.45) is 33.3 Å². The van der Waals surface area contributed by atoms with Crippen LogP contribution in [0.4, 0.5) is 4.39 Å². The van der Waals surface area contributed by atoms with Crippen LogP contribution in [0.1, 0.15) is 39.0 Å². The number of nitrogens with one attached hydrogen (secondary N) is 1. The first-order chi connectivity index (χ1) is 14.6. The molecule has 5 fully saturated rings. The van der Waals surface area contributed by atoms with Crippen molar-refractivity contribution < 1.29 is 18.6 Å². The minimum atomic E-state index is -1.20. The standard InChI is InChI=1S/C21H33FN4O3S/c1-12-13(2-3-14-15(12)11-27-20-17(14)28-20)4-7-26-8-5-21(22,6-9-26)18-19(29-18)24-16-10-23-25-30-16/h12-20,24H,2-11H2,1H3. The number of halogens is 1. The summed E-state index contributed by atoms with van der Waals surface area (Å²) < 4.78 is 36.6. The van der Waals surface area contributed by atoms with Gasteiger partial charge in [0.25, 0.3) is 0 Å². The highest BCUT2D eigenvalue weighted by molar-refractivity contribution is 7.98. The Morgan fingerprint density at radius 1 is 1.20 bits per heavy atom. The van der Waals surface area contributed by atoms with Gasteiger partial charge in [0.15, 0.2) is 6.29 Å². The summed E-state index contributed by atoms with van der Waals surface area (Å²) in [6, 6.07) is 0. The normalized spacial score (nSPS) is 49.5. The lowest BCUT2D eigenvalue weighted by Gasteiger charge is -2.43. The molecular weight excluding hydrogens is 407 g/mol. The van der Waals surface area contributed by atoms with E-state index in [1.807, 2.05) is 0 Å². The van der Waals surface area contributed by atoms with Gasteiger partial charge in [-0.3, -0.25) is 5.32 Å². The number of fused-ring (bicyclic) bond motifs is 3. The van der Waals surface area contributed by atoms with Crippen molar-refractivity contribution in [2.45, 2.75) is 74.8 Å². The largest absolute Gasteiger partial charge is 0.350 e. The Bertz CT molecular complexity index is 671. The van der Waals surface area contributed by atoms with Gasteiger partial charge in [0, 0.05) is 25.0 Å². The zero-order chi connectivity index (χ0) is 20.3. The summed E-state index contributed by atoms with van der Waals surface area (Å²) in [5, 5.41) is 7.41. The average molecular weight is 441 g/mol. The Morgan fingerprint density at radius 3 is 2.87 bits per heavy atom. The molecule has 0 spiro atoms. The molecule has 6 rings (SSSR count). The summed E-state index contributed by atoms with van der Waals surface area (Å²) in [6.45, 7) is 6.68. The molecule has 5 heterocycles. The Kier molecular flexibility index (Phi) is 5.36. The van der Waals surface area contributed by atoms with Gasteiger partial charge < -0.3 is 19.1 Å². The van der Waals surface area contributed by atoms with Crippen LogP contribution >= 0.6 is 11.9 Å². The van der Waals surface area contributed by atoms with Crippen molar-refractivity contribution in [1.82, 2.24) is 10.2 Å². The van der Waals surface area contributed by atoms with Gasteiger partial charge in [0.2, 0.25) is 0 Å². The van der Waals surface area contributed by atoms with Crippen LogP contribution in [0.15, 0.2) is 9.63 Å². The van der Waals surface area contributed by atoms with Crippen LogP contribution in [-0.4, -0.2) is 73.5 Å². The predicted molar refractivity (Wildman–Crippen MR) is 111 cm³/mol. The van der Waals surface area contributed by atoms with Crippen LogP contribution in [-0.2, 0) is 14.2 Å². The highest BCUT2D eigenvalue weighted by Crippen LogP contribution is 2.51. The van der Waals surface area contributed by atoms with Crippen LogP contribution in [0.2, 0.25) is 0 Å². The number of piperidine rings is 1. The Balaban J connectivity index is 0.944. The van der Waals surface area contributed by atoms with Crippen molar-refractivity contribution >= 4 is 11.9 Å². The Morgan fingerprint density at radius 2 is 2.07 bits per heavy atom. The lowest BCUT2D eigenvalue weighted by atomic mass is 9.65. The number of hydrogen-bond acceptors (Lipinski definition) is 8. The third-order valence-corrected chi connectivity index (χ3v) is 9.28. The maximum atomic E-state index is 15.5. The first kappa shape index (κ1) is 20.3. The highest BCUT2D eigenvalue weighted by Gasteiger charge is 2.57. The number of hydrogen-bond donors (Lipinski definition) is 1. The molecule has 5 aliphatic heterocycles. The molecule has 1 N–H and O–H groups in total. The van der Waals surface area contributed by atoms with E-state index < -0.39 is 5.67 Å². The van der Waals surface area contributed by atoms with E-state index in [1.54, 1.807) is 0 Å². The minimum Gasteiger partial charge on any atom is -0.350 e. The number of ether oxygens (including phenoxy) is 3. The van der Waals surface area contributed by atoms with Gasteiger partial charge in [-0.05, 0) is 62.3 Å². The van der Waals surface area contributed by atoms with Crippen molar-refractivity contribution in [3.63, 3.8) is 0 Å². The van der Waals surface area contributed by atoms with Crippen molar-refractivity contribution in [3.8, 4) is 0 Å². The number of nitrogens with zero attached hydrogens (tertiary/aromatic N) is 3. The molecule has 4 saturated heterocycles. The van der Waals surface area contributed by atoms with Crippen molar-refractivity contribution in [2.75, 3.05) is 32.8 Å². The molecule has 30 heavy (non-hydrogen) atoms. The molecule has 0 aromatic carbocycles.